The second-order valence-corrected chi connectivity index (χ2v) is 12.7. The number of hydrogen-bond donors (Lipinski definition) is 1. The van der Waals surface area contributed by atoms with Gasteiger partial charge in [0.1, 0.15) is 17.2 Å². The lowest BCUT2D eigenvalue weighted by atomic mass is 10.2. The third-order valence-electron chi connectivity index (χ3n) is 7.50. The van der Waals surface area contributed by atoms with E-state index in [-0.39, 0.29) is 35.4 Å². The Hall–Kier alpha value is -8.31. The summed E-state index contributed by atoms with van der Waals surface area (Å²) in [5.41, 5.74) is 5.03. The van der Waals surface area contributed by atoms with Crippen molar-refractivity contribution in [1.82, 2.24) is 4.98 Å². The molecule has 61 heavy (non-hydrogen) atoms. The van der Waals surface area contributed by atoms with Crippen molar-refractivity contribution < 1.29 is 61.9 Å². The third kappa shape index (κ3) is 14.2. The normalized spacial score (nSPS) is 10.8. The molecule has 0 spiro atoms. The smallest absolute Gasteiger partial charge is 0.336 e. The Kier molecular flexibility index (Phi) is 16.2. The topological polar surface area (TPSA) is 196 Å². The summed E-state index contributed by atoms with van der Waals surface area (Å²) in [6.45, 7) is 8.72. The summed E-state index contributed by atoms with van der Waals surface area (Å²) in [6.07, 6.45) is 9.68. The molecule has 4 aromatic carbocycles. The van der Waals surface area contributed by atoms with E-state index < -0.39 is 43.4 Å². The number of thiazole rings is 1. The molecule has 16 nitrogen and oxygen atoms in total. The fourth-order valence-corrected chi connectivity index (χ4v) is 5.47. The van der Waals surface area contributed by atoms with Crippen molar-refractivity contribution in [1.29, 1.82) is 0 Å². The summed E-state index contributed by atoms with van der Waals surface area (Å²) in [5.74, 6) is -2.66. The average Bonchev–Trinajstić information content (AvgIpc) is 3.69. The van der Waals surface area contributed by atoms with Gasteiger partial charge in [0.05, 0.1) is 16.4 Å². The number of anilines is 1. The van der Waals surface area contributed by atoms with Crippen molar-refractivity contribution in [2.24, 2.45) is 5.10 Å². The Balaban J connectivity index is 1.28. The van der Waals surface area contributed by atoms with Gasteiger partial charge in [-0.15, -0.1) is 0 Å². The summed E-state index contributed by atoms with van der Waals surface area (Å²) < 4.78 is 43.0. The molecule has 5 rings (SSSR count). The van der Waals surface area contributed by atoms with Crippen molar-refractivity contribution in [3.63, 3.8) is 0 Å². The number of hydrazone groups is 1. The van der Waals surface area contributed by atoms with Gasteiger partial charge in [-0.05, 0) is 77.9 Å². The van der Waals surface area contributed by atoms with Gasteiger partial charge in [0.15, 0.2) is 11.5 Å². The first-order chi connectivity index (χ1) is 29.6. The number of hydrogen-bond acceptors (Lipinski definition) is 17. The molecule has 17 heteroatoms. The maximum absolute atomic E-state index is 13.1. The fourth-order valence-electron chi connectivity index (χ4n) is 4.65. The van der Waals surface area contributed by atoms with Gasteiger partial charge in [-0.2, -0.15) is 5.10 Å². The molecule has 0 fully saturated rings. The number of aromatic nitrogens is 1. The summed E-state index contributed by atoms with van der Waals surface area (Å²) in [5, 5.41) is 4.79. The van der Waals surface area contributed by atoms with Crippen LogP contribution >= 0.6 is 11.3 Å². The number of nitrogens with one attached hydrogen (secondary N) is 1. The molecule has 1 N–H and O–H groups in total. The largest absolute Gasteiger partial charge is 0.457 e. The van der Waals surface area contributed by atoms with Crippen LogP contribution in [0.2, 0.25) is 0 Å². The molecule has 0 amide bonds. The lowest BCUT2D eigenvalue weighted by molar-refractivity contribution is -0.146. The molecule has 1 heterocycles. The molecular weight excluding hydrogens is 811 g/mol. The summed E-state index contributed by atoms with van der Waals surface area (Å²) >= 11 is 1.39. The minimum absolute atomic E-state index is 0.0762. The zero-order valence-corrected chi connectivity index (χ0v) is 32.9. The van der Waals surface area contributed by atoms with Crippen LogP contribution in [0.4, 0.5) is 5.13 Å². The van der Waals surface area contributed by atoms with Crippen LogP contribution in [-0.2, 0) is 38.2 Å². The van der Waals surface area contributed by atoms with Crippen LogP contribution in [0, 0.1) is 0 Å². The maximum atomic E-state index is 13.1. The highest BCUT2D eigenvalue weighted by Crippen LogP contribution is 2.30. The van der Waals surface area contributed by atoms with Crippen molar-refractivity contribution in [3.05, 3.63) is 152 Å². The van der Waals surface area contributed by atoms with Crippen LogP contribution in [0.15, 0.2) is 140 Å². The summed E-state index contributed by atoms with van der Waals surface area (Å²) in [6, 6.07) is 23.1. The van der Waals surface area contributed by atoms with Crippen molar-refractivity contribution in [2.75, 3.05) is 25.8 Å². The molecule has 0 aliphatic rings. The van der Waals surface area contributed by atoms with Gasteiger partial charge < -0.3 is 37.9 Å². The first-order valence-electron chi connectivity index (χ1n) is 17.7. The van der Waals surface area contributed by atoms with Crippen molar-refractivity contribution in [2.45, 2.75) is 0 Å². The Morgan fingerprint density at radius 1 is 0.607 bits per heavy atom. The van der Waals surface area contributed by atoms with E-state index in [9.17, 15) is 24.0 Å². The van der Waals surface area contributed by atoms with Gasteiger partial charge in [0, 0.05) is 35.9 Å². The molecule has 0 saturated heterocycles. The number of benzene rings is 4. The number of carbonyl (C=O) groups excluding carboxylic acids is 5. The first-order valence-corrected chi connectivity index (χ1v) is 18.5. The van der Waals surface area contributed by atoms with E-state index >= 15 is 0 Å². The number of carbonyl (C=O) groups is 5. The first kappa shape index (κ1) is 43.8. The Labute approximate surface area is 352 Å². The minimum Gasteiger partial charge on any atom is -0.457 e. The molecule has 5 aromatic rings. The number of esters is 5. The SMILES string of the molecule is C=CC(=O)OCOc1ccc(/C=C/C(=O)Oc2ccc(OC(=O)/C=C/c3ccc(OCOC(=O)C=C)c(OCOC(=O)C=C)c3)c(/C=N/Nc3nc4ccccc4s3)c2)cc1. The van der Waals surface area contributed by atoms with Gasteiger partial charge in [-0.1, -0.05) is 61.4 Å². The average molecular weight is 846 g/mol. The number of nitrogens with zero attached hydrogens (tertiary/aromatic N) is 2. The van der Waals surface area contributed by atoms with Gasteiger partial charge in [0.2, 0.25) is 25.5 Å². The van der Waals surface area contributed by atoms with Crippen molar-refractivity contribution in [3.8, 4) is 28.7 Å². The van der Waals surface area contributed by atoms with E-state index in [4.69, 9.17) is 37.9 Å². The zero-order chi connectivity index (χ0) is 43.4. The lowest BCUT2D eigenvalue weighted by Crippen LogP contribution is -2.11. The Morgan fingerprint density at radius 3 is 1.85 bits per heavy atom. The van der Waals surface area contributed by atoms with Gasteiger partial charge in [0.25, 0.3) is 0 Å². The molecule has 310 valence electrons. The maximum Gasteiger partial charge on any atom is 0.336 e. The predicted molar refractivity (Wildman–Crippen MR) is 225 cm³/mol. The number of para-hydroxylation sites is 1. The summed E-state index contributed by atoms with van der Waals surface area (Å²) in [4.78, 5) is 64.5. The number of rotatable bonds is 21. The highest BCUT2D eigenvalue weighted by Gasteiger charge is 2.13. The molecule has 0 saturated carbocycles. The van der Waals surface area contributed by atoms with Crippen molar-refractivity contribution >= 4 is 74.9 Å². The van der Waals surface area contributed by atoms with Crippen LogP contribution in [0.3, 0.4) is 0 Å². The third-order valence-corrected chi connectivity index (χ3v) is 8.44. The molecule has 0 unspecified atom stereocenters. The monoisotopic (exact) mass is 845 g/mol. The van der Waals surface area contributed by atoms with E-state index in [1.807, 2.05) is 24.3 Å². The highest BCUT2D eigenvalue weighted by molar-refractivity contribution is 7.22. The minimum atomic E-state index is -0.783. The van der Waals surface area contributed by atoms with Crippen LogP contribution in [0.5, 0.6) is 28.7 Å². The zero-order valence-electron chi connectivity index (χ0n) is 32.1. The van der Waals surface area contributed by atoms with Gasteiger partial charge >= 0.3 is 29.8 Å². The standard InChI is InChI=1S/C44H35N3O13S/c1-4-39(48)56-26-53-32-16-11-29(12-17-32)14-21-42(51)59-33-18-20-35(31(24-33)25-45-47-44-46-34-9-7-8-10-38(34)61-44)60-43(52)22-15-30-13-19-36(54-27-57-40(49)5-2)37(23-30)55-28-58-41(50)6-3/h4-25H,1-3,26-28H2,(H,46,47)/b21-14+,22-15+,45-25+. The Bertz CT molecular complexity index is 2470. The molecule has 1 aromatic heterocycles. The predicted octanol–water partition coefficient (Wildman–Crippen LogP) is 7.18. The Morgan fingerprint density at radius 2 is 1.18 bits per heavy atom. The van der Waals surface area contributed by atoms with E-state index in [1.54, 1.807) is 30.3 Å². The van der Waals surface area contributed by atoms with Crippen LogP contribution in [-0.4, -0.2) is 61.4 Å². The quantitative estimate of drug-likeness (QED) is 0.0148. The molecule has 0 aliphatic carbocycles. The molecule has 0 radical (unpaired) electrons. The van der Waals surface area contributed by atoms with E-state index in [1.165, 1.54) is 66.1 Å². The lowest BCUT2D eigenvalue weighted by Gasteiger charge is -2.13. The molecule has 0 aliphatic heterocycles. The molecule has 0 atom stereocenters. The van der Waals surface area contributed by atoms with Gasteiger partial charge in [-0.3, -0.25) is 5.43 Å². The highest BCUT2D eigenvalue weighted by atomic mass is 32.1. The summed E-state index contributed by atoms with van der Waals surface area (Å²) in [7, 11) is 0. The fraction of sp³-hybridized carbons (Fsp3) is 0.0682. The van der Waals surface area contributed by atoms with E-state index in [0.717, 1.165) is 34.5 Å². The van der Waals surface area contributed by atoms with E-state index in [2.05, 4.69) is 35.2 Å². The second-order valence-electron chi connectivity index (χ2n) is 11.6. The second kappa shape index (κ2) is 22.6. The molecule has 0 bridgehead atoms. The van der Waals surface area contributed by atoms with E-state index in [0.29, 0.717) is 22.0 Å². The van der Waals surface area contributed by atoms with Gasteiger partial charge in [-0.25, -0.2) is 29.0 Å². The number of fused-ring (bicyclic) bond motifs is 1. The number of ether oxygens (including phenoxy) is 8. The van der Waals surface area contributed by atoms with Crippen LogP contribution in [0.1, 0.15) is 16.7 Å². The molecular formula is C44H35N3O13S. The van der Waals surface area contributed by atoms with Crippen LogP contribution < -0.4 is 29.1 Å². The van der Waals surface area contributed by atoms with Crippen LogP contribution in [0.25, 0.3) is 22.4 Å².